The van der Waals surface area contributed by atoms with Crippen LogP contribution in [0.4, 0.5) is 0 Å². The summed E-state index contributed by atoms with van der Waals surface area (Å²) < 4.78 is 6.60. The summed E-state index contributed by atoms with van der Waals surface area (Å²) in [6, 6.07) is 3.61. The molecule has 2 aromatic heterocycles. The second-order valence-electron chi connectivity index (χ2n) is 3.01. The summed E-state index contributed by atoms with van der Waals surface area (Å²) in [5.74, 6) is 0.563. The van der Waals surface area contributed by atoms with Gasteiger partial charge in [-0.05, 0) is 6.07 Å². The molecule has 0 amide bonds. The Kier molecular flexibility index (Phi) is 2.64. The number of nitrogens with zero attached hydrogens (tertiary/aromatic N) is 3. The Hall–Kier alpha value is -1.88. The second-order valence-corrected chi connectivity index (χ2v) is 3.01. The minimum Gasteiger partial charge on any atom is -0.481 e. The van der Waals surface area contributed by atoms with Gasteiger partial charge in [0.1, 0.15) is 0 Å². The zero-order valence-corrected chi connectivity index (χ0v) is 8.29. The van der Waals surface area contributed by atoms with E-state index in [9.17, 15) is 0 Å². The molecule has 0 saturated heterocycles. The average Bonchev–Trinajstić information content (AvgIpc) is 2.78. The van der Waals surface area contributed by atoms with Crippen LogP contribution in [-0.4, -0.2) is 27.0 Å². The van der Waals surface area contributed by atoms with E-state index < -0.39 is 0 Å². The van der Waals surface area contributed by atoms with Crippen molar-refractivity contribution in [3.8, 4) is 11.6 Å². The lowest BCUT2D eigenvalue weighted by Crippen LogP contribution is -1.95. The topological polar surface area (TPSA) is 60.2 Å². The van der Waals surface area contributed by atoms with Gasteiger partial charge in [-0.15, -0.1) is 0 Å². The Morgan fingerprint density at radius 2 is 2.27 bits per heavy atom. The van der Waals surface area contributed by atoms with Crippen molar-refractivity contribution in [2.24, 2.45) is 0 Å². The number of aromatic nitrogens is 3. The Balaban J connectivity index is 2.28. The van der Waals surface area contributed by atoms with E-state index in [1.165, 1.54) is 0 Å². The molecule has 15 heavy (non-hydrogen) atoms. The van der Waals surface area contributed by atoms with Crippen LogP contribution in [0, 0.1) is 0 Å². The summed E-state index contributed by atoms with van der Waals surface area (Å²) in [5.41, 5.74) is 1.60. The van der Waals surface area contributed by atoms with Crippen LogP contribution in [0.15, 0.2) is 30.7 Å². The van der Waals surface area contributed by atoms with Crippen molar-refractivity contribution in [1.29, 1.82) is 0 Å². The van der Waals surface area contributed by atoms with Crippen LogP contribution in [0.3, 0.4) is 0 Å². The highest BCUT2D eigenvalue weighted by molar-refractivity contribution is 5.31. The van der Waals surface area contributed by atoms with Gasteiger partial charge in [-0.25, -0.2) is 9.67 Å². The van der Waals surface area contributed by atoms with Gasteiger partial charge in [0.05, 0.1) is 31.8 Å². The van der Waals surface area contributed by atoms with Crippen LogP contribution in [0.5, 0.6) is 5.88 Å². The summed E-state index contributed by atoms with van der Waals surface area (Å²) in [6.45, 7) is -0.0103. The number of aliphatic hydroxyl groups is 1. The van der Waals surface area contributed by atoms with Gasteiger partial charge < -0.3 is 9.84 Å². The predicted octanol–water partition coefficient (Wildman–Crippen LogP) is 0.768. The molecule has 1 N–H and O–H groups in total. The van der Waals surface area contributed by atoms with Crippen molar-refractivity contribution in [2.45, 2.75) is 6.61 Å². The van der Waals surface area contributed by atoms with E-state index in [-0.39, 0.29) is 6.61 Å². The fourth-order valence-electron chi connectivity index (χ4n) is 1.21. The summed E-state index contributed by atoms with van der Waals surface area (Å²) >= 11 is 0. The molecule has 0 aromatic carbocycles. The zero-order chi connectivity index (χ0) is 10.7. The Bertz CT molecular complexity index is 436. The smallest absolute Gasteiger partial charge is 0.213 e. The van der Waals surface area contributed by atoms with E-state index in [0.29, 0.717) is 5.88 Å². The number of hydrogen-bond donors (Lipinski definition) is 1. The molecule has 5 heteroatoms. The largest absolute Gasteiger partial charge is 0.481 e. The maximum absolute atomic E-state index is 8.89. The van der Waals surface area contributed by atoms with Gasteiger partial charge in [-0.1, -0.05) is 0 Å². The number of aliphatic hydroxyl groups excluding tert-OH is 1. The standard InChI is InChI=1S/C10H11N3O2/c1-15-10-3-2-9(5-11-10)13-6-8(7-14)4-12-13/h2-6,14H,7H2,1H3. The first-order chi connectivity index (χ1) is 7.33. The molecule has 0 radical (unpaired) electrons. The van der Waals surface area contributed by atoms with Gasteiger partial charge in [0.15, 0.2) is 0 Å². The van der Waals surface area contributed by atoms with E-state index in [4.69, 9.17) is 9.84 Å². The molecule has 0 bridgehead atoms. The molecule has 0 aliphatic rings. The first-order valence-corrected chi connectivity index (χ1v) is 4.48. The summed E-state index contributed by atoms with van der Waals surface area (Å²) in [7, 11) is 1.57. The fourth-order valence-corrected chi connectivity index (χ4v) is 1.21. The summed E-state index contributed by atoms with van der Waals surface area (Å²) in [6.07, 6.45) is 5.03. The number of ether oxygens (including phenoxy) is 1. The SMILES string of the molecule is COc1ccc(-n2cc(CO)cn2)cn1. The molecular weight excluding hydrogens is 194 g/mol. The van der Waals surface area contributed by atoms with E-state index in [0.717, 1.165) is 11.3 Å². The zero-order valence-electron chi connectivity index (χ0n) is 8.29. The van der Waals surface area contributed by atoms with Crippen LogP contribution in [0.2, 0.25) is 0 Å². The third-order valence-corrected chi connectivity index (χ3v) is 2.01. The normalized spacial score (nSPS) is 10.3. The van der Waals surface area contributed by atoms with E-state index >= 15 is 0 Å². The number of hydrogen-bond acceptors (Lipinski definition) is 4. The van der Waals surface area contributed by atoms with Gasteiger partial charge in [-0.3, -0.25) is 0 Å². The minimum atomic E-state index is -0.0103. The molecule has 0 aliphatic heterocycles. The van der Waals surface area contributed by atoms with Crippen molar-refractivity contribution >= 4 is 0 Å². The first-order valence-electron chi connectivity index (χ1n) is 4.48. The highest BCUT2D eigenvalue weighted by Crippen LogP contribution is 2.11. The van der Waals surface area contributed by atoms with E-state index in [2.05, 4.69) is 10.1 Å². The van der Waals surface area contributed by atoms with Crippen molar-refractivity contribution in [2.75, 3.05) is 7.11 Å². The summed E-state index contributed by atoms with van der Waals surface area (Å²) in [5, 5.41) is 13.0. The van der Waals surface area contributed by atoms with Gasteiger partial charge >= 0.3 is 0 Å². The van der Waals surface area contributed by atoms with Gasteiger partial charge in [0, 0.05) is 17.8 Å². The lowest BCUT2D eigenvalue weighted by atomic mass is 10.4. The Morgan fingerprint density at radius 3 is 2.80 bits per heavy atom. The van der Waals surface area contributed by atoms with Crippen molar-refractivity contribution in [3.05, 3.63) is 36.3 Å². The third-order valence-electron chi connectivity index (χ3n) is 2.01. The number of methoxy groups -OCH3 is 1. The average molecular weight is 205 g/mol. The minimum absolute atomic E-state index is 0.0103. The monoisotopic (exact) mass is 205 g/mol. The van der Waals surface area contributed by atoms with E-state index in [1.807, 2.05) is 6.07 Å². The predicted molar refractivity (Wildman–Crippen MR) is 53.8 cm³/mol. The van der Waals surface area contributed by atoms with Crippen LogP contribution in [0.25, 0.3) is 5.69 Å². The highest BCUT2D eigenvalue weighted by atomic mass is 16.5. The maximum Gasteiger partial charge on any atom is 0.213 e. The molecule has 0 spiro atoms. The third kappa shape index (κ3) is 1.97. The molecule has 2 rings (SSSR count). The van der Waals surface area contributed by atoms with Crippen molar-refractivity contribution in [3.63, 3.8) is 0 Å². The van der Waals surface area contributed by atoms with Crippen LogP contribution < -0.4 is 4.74 Å². The molecular formula is C10H11N3O2. The molecule has 0 unspecified atom stereocenters. The van der Waals surface area contributed by atoms with Crippen molar-refractivity contribution in [1.82, 2.24) is 14.8 Å². The van der Waals surface area contributed by atoms with Gasteiger partial charge in [0.25, 0.3) is 0 Å². The molecule has 0 aliphatic carbocycles. The molecule has 5 nitrogen and oxygen atoms in total. The molecule has 0 saturated carbocycles. The quantitative estimate of drug-likeness (QED) is 0.804. The maximum atomic E-state index is 8.89. The van der Waals surface area contributed by atoms with Gasteiger partial charge in [0.2, 0.25) is 5.88 Å². The molecule has 2 heterocycles. The second kappa shape index (κ2) is 4.10. The molecule has 0 fully saturated rings. The molecule has 2 aromatic rings. The molecule has 0 atom stereocenters. The van der Waals surface area contributed by atoms with Gasteiger partial charge in [-0.2, -0.15) is 5.10 Å². The van der Waals surface area contributed by atoms with Crippen molar-refractivity contribution < 1.29 is 9.84 Å². The Morgan fingerprint density at radius 1 is 1.40 bits per heavy atom. The highest BCUT2D eigenvalue weighted by Gasteiger charge is 2.00. The van der Waals surface area contributed by atoms with E-state index in [1.54, 1.807) is 36.4 Å². The van der Waals surface area contributed by atoms with Crippen LogP contribution >= 0.6 is 0 Å². The fraction of sp³-hybridized carbons (Fsp3) is 0.200. The number of rotatable bonds is 3. The summed E-state index contributed by atoms with van der Waals surface area (Å²) in [4.78, 5) is 4.06. The van der Waals surface area contributed by atoms with Crippen LogP contribution in [0.1, 0.15) is 5.56 Å². The molecule has 78 valence electrons. The Labute approximate surface area is 87.0 Å². The number of pyridine rings is 1. The lowest BCUT2D eigenvalue weighted by Gasteiger charge is -2.01. The van der Waals surface area contributed by atoms with Crippen LogP contribution in [-0.2, 0) is 6.61 Å². The first kappa shape index (κ1) is 9.67. The lowest BCUT2D eigenvalue weighted by molar-refractivity contribution is 0.282.